The van der Waals surface area contributed by atoms with Crippen LogP contribution in [0, 0.1) is 0 Å². The van der Waals surface area contributed by atoms with Crippen LogP contribution < -0.4 is 10.2 Å². The Balaban J connectivity index is 2.20. The Morgan fingerprint density at radius 3 is 2.82 bits per heavy atom. The van der Waals surface area contributed by atoms with Gasteiger partial charge in [-0.2, -0.15) is 13.2 Å². The molecule has 0 bridgehead atoms. The maximum Gasteiger partial charge on any atom is 0.433 e. The summed E-state index contributed by atoms with van der Waals surface area (Å²) in [6.07, 6.45) is -2.38. The first-order valence-electron chi connectivity index (χ1n) is 5.43. The zero-order chi connectivity index (χ0) is 12.3. The van der Waals surface area contributed by atoms with Crippen molar-refractivity contribution in [1.29, 1.82) is 0 Å². The fourth-order valence-corrected chi connectivity index (χ4v) is 1.70. The summed E-state index contributed by atoms with van der Waals surface area (Å²) in [6, 6.07) is 0.888. The molecule has 7 heteroatoms. The van der Waals surface area contributed by atoms with Gasteiger partial charge in [0.15, 0.2) is 0 Å². The molecule has 1 saturated heterocycles. The van der Waals surface area contributed by atoms with Gasteiger partial charge in [0.1, 0.15) is 5.69 Å². The summed E-state index contributed by atoms with van der Waals surface area (Å²) in [5.41, 5.74) is -0.889. The molecule has 1 aliphatic heterocycles. The molecule has 1 aliphatic rings. The lowest BCUT2D eigenvalue weighted by molar-refractivity contribution is -0.141. The molecule has 94 valence electrons. The topological polar surface area (TPSA) is 41.1 Å². The van der Waals surface area contributed by atoms with Crippen molar-refractivity contribution in [2.24, 2.45) is 0 Å². The molecule has 1 aromatic heterocycles. The summed E-state index contributed by atoms with van der Waals surface area (Å²) in [4.78, 5) is 9.25. The summed E-state index contributed by atoms with van der Waals surface area (Å²) >= 11 is 0. The van der Waals surface area contributed by atoms with Gasteiger partial charge >= 0.3 is 6.18 Å². The molecule has 0 amide bonds. The Morgan fingerprint density at radius 2 is 2.06 bits per heavy atom. The number of hydrogen-bond donors (Lipinski definition) is 1. The molecule has 0 aliphatic carbocycles. The molecule has 1 N–H and O–H groups in total. The van der Waals surface area contributed by atoms with Gasteiger partial charge < -0.3 is 10.2 Å². The predicted octanol–water partition coefficient (Wildman–Crippen LogP) is 1.30. The number of hydrogen-bond acceptors (Lipinski definition) is 4. The molecule has 0 spiro atoms. The molecule has 0 radical (unpaired) electrons. The van der Waals surface area contributed by atoms with E-state index in [-0.39, 0.29) is 5.95 Å². The number of anilines is 1. The highest BCUT2D eigenvalue weighted by atomic mass is 19.4. The van der Waals surface area contributed by atoms with Crippen LogP contribution in [0.3, 0.4) is 0 Å². The van der Waals surface area contributed by atoms with Gasteiger partial charge in [-0.05, 0) is 19.0 Å². The van der Waals surface area contributed by atoms with Crippen LogP contribution in [0.15, 0.2) is 12.3 Å². The average molecular weight is 246 g/mol. The first-order chi connectivity index (χ1) is 8.07. The third-order valence-corrected chi connectivity index (χ3v) is 2.56. The minimum absolute atomic E-state index is 0.156. The number of nitrogens with one attached hydrogen (secondary N) is 1. The van der Waals surface area contributed by atoms with Crippen LogP contribution in [0.1, 0.15) is 12.1 Å². The van der Waals surface area contributed by atoms with Crippen molar-refractivity contribution in [2.45, 2.75) is 12.6 Å². The lowest BCUT2D eigenvalue weighted by atomic mass is 10.4. The fraction of sp³-hybridized carbons (Fsp3) is 0.600. The van der Waals surface area contributed by atoms with E-state index < -0.39 is 11.9 Å². The SMILES string of the molecule is FC(F)(F)c1ccnc(N2CCCNCC2)n1. The Hall–Kier alpha value is -1.37. The van der Waals surface area contributed by atoms with Gasteiger partial charge in [-0.1, -0.05) is 0 Å². The lowest BCUT2D eigenvalue weighted by Gasteiger charge is -2.20. The lowest BCUT2D eigenvalue weighted by Crippen LogP contribution is -2.30. The minimum Gasteiger partial charge on any atom is -0.339 e. The van der Waals surface area contributed by atoms with E-state index in [1.54, 1.807) is 4.90 Å². The number of halogens is 3. The second-order valence-corrected chi connectivity index (χ2v) is 3.83. The molecule has 0 saturated carbocycles. The van der Waals surface area contributed by atoms with Crippen LogP contribution in [-0.4, -0.2) is 36.1 Å². The van der Waals surface area contributed by atoms with Crippen LogP contribution in [0.25, 0.3) is 0 Å². The van der Waals surface area contributed by atoms with E-state index in [0.717, 1.165) is 31.8 Å². The quantitative estimate of drug-likeness (QED) is 0.810. The van der Waals surface area contributed by atoms with E-state index in [2.05, 4.69) is 15.3 Å². The minimum atomic E-state index is -4.41. The summed E-state index contributed by atoms with van der Waals surface area (Å²) in [6.45, 7) is 2.91. The number of nitrogens with zero attached hydrogens (tertiary/aromatic N) is 3. The third kappa shape index (κ3) is 3.06. The molecule has 0 unspecified atom stereocenters. The van der Waals surface area contributed by atoms with Crippen molar-refractivity contribution in [3.63, 3.8) is 0 Å². The maximum absolute atomic E-state index is 12.5. The normalized spacial score (nSPS) is 17.9. The summed E-state index contributed by atoms with van der Waals surface area (Å²) < 4.78 is 37.5. The van der Waals surface area contributed by atoms with Gasteiger partial charge in [-0.15, -0.1) is 0 Å². The van der Waals surface area contributed by atoms with E-state index >= 15 is 0 Å². The summed E-state index contributed by atoms with van der Waals surface area (Å²) in [7, 11) is 0. The van der Waals surface area contributed by atoms with E-state index in [4.69, 9.17) is 0 Å². The molecule has 1 fully saturated rings. The molecule has 0 atom stereocenters. The summed E-state index contributed by atoms with van der Waals surface area (Å²) in [5, 5.41) is 3.17. The standard InChI is InChI=1S/C10H13F3N4/c11-10(12,13)8-2-4-15-9(16-8)17-6-1-3-14-5-7-17/h2,4,14H,1,3,5-7H2. The van der Waals surface area contributed by atoms with Crippen molar-refractivity contribution in [1.82, 2.24) is 15.3 Å². The zero-order valence-electron chi connectivity index (χ0n) is 9.17. The highest BCUT2D eigenvalue weighted by Crippen LogP contribution is 2.28. The Morgan fingerprint density at radius 1 is 1.24 bits per heavy atom. The van der Waals surface area contributed by atoms with Gasteiger partial charge in [-0.3, -0.25) is 0 Å². The molecule has 2 heterocycles. The van der Waals surface area contributed by atoms with Gasteiger partial charge in [-0.25, -0.2) is 9.97 Å². The Bertz CT molecular complexity index is 372. The Kier molecular flexibility index (Phi) is 3.46. The number of alkyl halides is 3. The van der Waals surface area contributed by atoms with Crippen molar-refractivity contribution in [3.05, 3.63) is 18.0 Å². The van der Waals surface area contributed by atoms with Gasteiger partial charge in [0.25, 0.3) is 0 Å². The first-order valence-corrected chi connectivity index (χ1v) is 5.43. The zero-order valence-corrected chi connectivity index (χ0v) is 9.17. The molecule has 0 aromatic carbocycles. The third-order valence-electron chi connectivity index (χ3n) is 2.56. The van der Waals surface area contributed by atoms with E-state index in [1.807, 2.05) is 0 Å². The van der Waals surface area contributed by atoms with Crippen molar-refractivity contribution < 1.29 is 13.2 Å². The van der Waals surface area contributed by atoms with Crippen LogP contribution >= 0.6 is 0 Å². The van der Waals surface area contributed by atoms with Crippen LogP contribution in [0.5, 0.6) is 0 Å². The average Bonchev–Trinajstić information content (AvgIpc) is 2.56. The van der Waals surface area contributed by atoms with E-state index in [0.29, 0.717) is 13.1 Å². The van der Waals surface area contributed by atoms with Crippen LogP contribution in [-0.2, 0) is 6.18 Å². The van der Waals surface area contributed by atoms with Gasteiger partial charge in [0.05, 0.1) is 0 Å². The largest absolute Gasteiger partial charge is 0.433 e. The van der Waals surface area contributed by atoms with Crippen LogP contribution in [0.4, 0.5) is 19.1 Å². The molecule has 4 nitrogen and oxygen atoms in total. The highest BCUT2D eigenvalue weighted by molar-refractivity contribution is 5.31. The second-order valence-electron chi connectivity index (χ2n) is 3.83. The smallest absolute Gasteiger partial charge is 0.339 e. The summed E-state index contributed by atoms with van der Waals surface area (Å²) in [5.74, 6) is 0.156. The molecular formula is C10H13F3N4. The molecule has 2 rings (SSSR count). The van der Waals surface area contributed by atoms with Crippen LogP contribution in [0.2, 0.25) is 0 Å². The number of rotatable bonds is 1. The van der Waals surface area contributed by atoms with E-state index in [9.17, 15) is 13.2 Å². The number of aromatic nitrogens is 2. The van der Waals surface area contributed by atoms with E-state index in [1.165, 1.54) is 0 Å². The van der Waals surface area contributed by atoms with Crippen molar-refractivity contribution in [3.8, 4) is 0 Å². The molecule has 17 heavy (non-hydrogen) atoms. The van der Waals surface area contributed by atoms with Crippen molar-refractivity contribution >= 4 is 5.95 Å². The fourth-order valence-electron chi connectivity index (χ4n) is 1.70. The van der Waals surface area contributed by atoms with Gasteiger partial charge in [0.2, 0.25) is 5.95 Å². The Labute approximate surface area is 96.9 Å². The predicted molar refractivity (Wildman–Crippen MR) is 56.7 cm³/mol. The maximum atomic E-state index is 12.5. The van der Waals surface area contributed by atoms with Crippen molar-refractivity contribution in [2.75, 3.05) is 31.1 Å². The highest BCUT2D eigenvalue weighted by Gasteiger charge is 2.33. The molecule has 1 aromatic rings. The van der Waals surface area contributed by atoms with Gasteiger partial charge in [0, 0.05) is 25.8 Å². The first kappa shape index (κ1) is 12.1. The molecular weight excluding hydrogens is 233 g/mol. The second kappa shape index (κ2) is 4.87. The monoisotopic (exact) mass is 246 g/mol.